The smallest absolute Gasteiger partial charge is 0.270 e. The highest BCUT2D eigenvalue weighted by molar-refractivity contribution is 5.97. The van der Waals surface area contributed by atoms with Crippen molar-refractivity contribution >= 4 is 22.7 Å². The third-order valence-corrected chi connectivity index (χ3v) is 3.94. The average molecular weight is 329 g/mol. The van der Waals surface area contributed by atoms with E-state index < -0.39 is 18.6 Å². The number of carbonyl (C=O) groups is 2. The molecule has 2 aromatic rings. The number of aliphatic hydroxyl groups is 1. The van der Waals surface area contributed by atoms with Crippen LogP contribution in [-0.2, 0) is 9.53 Å². The van der Waals surface area contributed by atoms with E-state index in [0.717, 1.165) is 5.39 Å². The van der Waals surface area contributed by atoms with Crippen molar-refractivity contribution in [1.29, 1.82) is 0 Å². The summed E-state index contributed by atoms with van der Waals surface area (Å²) < 4.78 is 5.20. The van der Waals surface area contributed by atoms with Crippen LogP contribution < -0.4 is 5.32 Å². The minimum atomic E-state index is -0.983. The summed E-state index contributed by atoms with van der Waals surface area (Å²) in [6.45, 7) is 1.38. The van der Waals surface area contributed by atoms with E-state index in [1.54, 1.807) is 17.0 Å². The van der Waals surface area contributed by atoms with E-state index in [9.17, 15) is 14.7 Å². The standard InChI is InChI=1S/C17H19N3O4/c21-11-15(17(23)20-7-9-24-10-8-20)19-16(22)14-6-5-12-3-1-2-4-13(12)18-14/h1-6,15,21H,7-11H2,(H,19,22)/t15-/m0/s1. The highest BCUT2D eigenvalue weighted by Crippen LogP contribution is 2.12. The van der Waals surface area contributed by atoms with Crippen LogP contribution in [0.15, 0.2) is 36.4 Å². The molecular weight excluding hydrogens is 310 g/mol. The minimum Gasteiger partial charge on any atom is -0.394 e. The van der Waals surface area contributed by atoms with Crippen molar-refractivity contribution < 1.29 is 19.4 Å². The number of carbonyl (C=O) groups excluding carboxylic acids is 2. The van der Waals surface area contributed by atoms with Gasteiger partial charge in [-0.1, -0.05) is 24.3 Å². The molecule has 1 aliphatic rings. The van der Waals surface area contributed by atoms with Gasteiger partial charge < -0.3 is 20.1 Å². The molecule has 2 amide bonds. The first-order valence-corrected chi connectivity index (χ1v) is 7.83. The fourth-order valence-corrected chi connectivity index (χ4v) is 2.61. The maximum Gasteiger partial charge on any atom is 0.270 e. The summed E-state index contributed by atoms with van der Waals surface area (Å²) in [5.74, 6) is -0.795. The number of aliphatic hydroxyl groups excluding tert-OH is 1. The summed E-state index contributed by atoms with van der Waals surface area (Å²) in [5.41, 5.74) is 0.909. The molecule has 2 heterocycles. The van der Waals surface area contributed by atoms with Crippen LogP contribution in [0.1, 0.15) is 10.5 Å². The third-order valence-electron chi connectivity index (χ3n) is 3.94. The molecule has 1 saturated heterocycles. The fraction of sp³-hybridized carbons (Fsp3) is 0.353. The van der Waals surface area contributed by atoms with E-state index in [1.165, 1.54) is 0 Å². The maximum atomic E-state index is 12.4. The molecule has 7 heteroatoms. The Kier molecular flexibility index (Phi) is 5.02. The van der Waals surface area contributed by atoms with Gasteiger partial charge in [-0.25, -0.2) is 4.98 Å². The summed E-state index contributed by atoms with van der Waals surface area (Å²) in [7, 11) is 0. The monoisotopic (exact) mass is 329 g/mol. The maximum absolute atomic E-state index is 12.4. The largest absolute Gasteiger partial charge is 0.394 e. The molecule has 2 N–H and O–H groups in total. The van der Waals surface area contributed by atoms with Gasteiger partial charge in [0.2, 0.25) is 5.91 Å². The number of nitrogens with one attached hydrogen (secondary N) is 1. The number of amides is 2. The second-order valence-corrected chi connectivity index (χ2v) is 5.54. The Bertz CT molecular complexity index is 743. The van der Waals surface area contributed by atoms with Gasteiger partial charge in [0.15, 0.2) is 0 Å². The van der Waals surface area contributed by atoms with Crippen LogP contribution in [0.4, 0.5) is 0 Å². The number of hydrogen-bond donors (Lipinski definition) is 2. The summed E-state index contributed by atoms with van der Waals surface area (Å²) in [6.07, 6.45) is 0. The molecule has 0 unspecified atom stereocenters. The summed E-state index contributed by atoms with van der Waals surface area (Å²) in [5, 5.41) is 13.0. The van der Waals surface area contributed by atoms with Gasteiger partial charge in [0.25, 0.3) is 5.91 Å². The summed E-state index contributed by atoms with van der Waals surface area (Å²) in [4.78, 5) is 30.6. The predicted octanol–water partition coefficient (Wildman–Crippen LogP) is 0.184. The van der Waals surface area contributed by atoms with E-state index >= 15 is 0 Å². The molecule has 126 valence electrons. The second-order valence-electron chi connectivity index (χ2n) is 5.54. The molecule has 24 heavy (non-hydrogen) atoms. The van der Waals surface area contributed by atoms with E-state index in [1.807, 2.05) is 24.3 Å². The van der Waals surface area contributed by atoms with Crippen molar-refractivity contribution in [3.05, 3.63) is 42.1 Å². The normalized spacial score (nSPS) is 16.0. The van der Waals surface area contributed by atoms with Crippen LogP contribution in [0.2, 0.25) is 0 Å². The lowest BCUT2D eigenvalue weighted by atomic mass is 10.2. The molecule has 1 aromatic heterocycles. The fourth-order valence-electron chi connectivity index (χ4n) is 2.61. The van der Waals surface area contributed by atoms with Crippen LogP contribution >= 0.6 is 0 Å². The van der Waals surface area contributed by atoms with Crippen molar-refractivity contribution in [3.63, 3.8) is 0 Å². The minimum absolute atomic E-state index is 0.210. The zero-order valence-corrected chi connectivity index (χ0v) is 13.1. The second kappa shape index (κ2) is 7.37. The quantitative estimate of drug-likeness (QED) is 0.835. The summed E-state index contributed by atoms with van der Waals surface area (Å²) in [6, 6.07) is 9.88. The van der Waals surface area contributed by atoms with E-state index in [-0.39, 0.29) is 11.6 Å². The van der Waals surface area contributed by atoms with Crippen molar-refractivity contribution in [2.45, 2.75) is 6.04 Å². The van der Waals surface area contributed by atoms with Crippen LogP contribution in [0.5, 0.6) is 0 Å². The average Bonchev–Trinajstić information content (AvgIpc) is 2.65. The van der Waals surface area contributed by atoms with Gasteiger partial charge in [0.05, 0.1) is 25.3 Å². The number of fused-ring (bicyclic) bond motifs is 1. The SMILES string of the molecule is O=C(N[C@@H](CO)C(=O)N1CCOCC1)c1ccc2ccccc2n1. The lowest BCUT2D eigenvalue weighted by Crippen LogP contribution is -2.53. The number of rotatable bonds is 4. The zero-order valence-electron chi connectivity index (χ0n) is 13.1. The number of para-hydroxylation sites is 1. The van der Waals surface area contributed by atoms with Crippen molar-refractivity contribution in [1.82, 2.24) is 15.2 Å². The van der Waals surface area contributed by atoms with Gasteiger partial charge >= 0.3 is 0 Å². The lowest BCUT2D eigenvalue weighted by Gasteiger charge is -2.30. The van der Waals surface area contributed by atoms with Gasteiger partial charge in [-0.15, -0.1) is 0 Å². The van der Waals surface area contributed by atoms with E-state index in [2.05, 4.69) is 10.3 Å². The van der Waals surface area contributed by atoms with Gasteiger partial charge in [-0.05, 0) is 12.1 Å². The van der Waals surface area contributed by atoms with E-state index in [4.69, 9.17) is 4.74 Å². The molecule has 0 saturated carbocycles. The highest BCUT2D eigenvalue weighted by atomic mass is 16.5. The Balaban J connectivity index is 1.71. The first kappa shape index (κ1) is 16.4. The third kappa shape index (κ3) is 3.52. The molecule has 0 radical (unpaired) electrons. The zero-order chi connectivity index (χ0) is 16.9. The van der Waals surface area contributed by atoms with Gasteiger partial charge in [-0.2, -0.15) is 0 Å². The van der Waals surface area contributed by atoms with Crippen molar-refractivity contribution in [2.75, 3.05) is 32.9 Å². The first-order chi connectivity index (χ1) is 11.7. The number of ether oxygens (including phenoxy) is 1. The topological polar surface area (TPSA) is 91.8 Å². The van der Waals surface area contributed by atoms with Crippen LogP contribution in [0.3, 0.4) is 0 Å². The summed E-state index contributed by atoms with van der Waals surface area (Å²) >= 11 is 0. The number of morpholine rings is 1. The number of pyridine rings is 1. The lowest BCUT2D eigenvalue weighted by molar-refractivity contribution is -0.138. The van der Waals surface area contributed by atoms with E-state index in [0.29, 0.717) is 31.8 Å². The molecule has 0 aliphatic carbocycles. The molecule has 0 bridgehead atoms. The van der Waals surface area contributed by atoms with Gasteiger partial charge in [-0.3, -0.25) is 9.59 Å². The Morgan fingerprint density at radius 1 is 1.21 bits per heavy atom. The van der Waals surface area contributed by atoms with Gasteiger partial charge in [0, 0.05) is 18.5 Å². The highest BCUT2D eigenvalue weighted by Gasteiger charge is 2.27. The van der Waals surface area contributed by atoms with Crippen LogP contribution in [-0.4, -0.2) is 65.8 Å². The van der Waals surface area contributed by atoms with Gasteiger partial charge in [0.1, 0.15) is 11.7 Å². The molecule has 3 rings (SSSR count). The Morgan fingerprint density at radius 3 is 2.71 bits per heavy atom. The van der Waals surface area contributed by atoms with Crippen molar-refractivity contribution in [2.24, 2.45) is 0 Å². The number of aromatic nitrogens is 1. The number of hydrogen-bond acceptors (Lipinski definition) is 5. The molecule has 1 atom stereocenters. The Hall–Kier alpha value is -2.51. The Labute approximate surface area is 139 Å². The number of benzene rings is 1. The number of nitrogens with zero attached hydrogens (tertiary/aromatic N) is 2. The molecule has 1 aliphatic heterocycles. The molecule has 1 aromatic carbocycles. The molecule has 0 spiro atoms. The Morgan fingerprint density at radius 2 is 1.96 bits per heavy atom. The predicted molar refractivity (Wildman–Crippen MR) is 87.5 cm³/mol. The van der Waals surface area contributed by atoms with Crippen LogP contribution in [0.25, 0.3) is 10.9 Å². The van der Waals surface area contributed by atoms with Crippen molar-refractivity contribution in [3.8, 4) is 0 Å². The molecule has 1 fully saturated rings. The molecule has 7 nitrogen and oxygen atoms in total. The molecular formula is C17H19N3O4. The first-order valence-electron chi connectivity index (χ1n) is 7.83. The van der Waals surface area contributed by atoms with Crippen LogP contribution in [0, 0.1) is 0 Å².